The zero-order valence-electron chi connectivity index (χ0n) is 15.4. The number of aliphatic hydroxyl groups is 1. The molecule has 0 fully saturated rings. The minimum absolute atomic E-state index is 0.00519. The molecular formula is C23H28O. The zero-order chi connectivity index (χ0) is 17.5. The lowest BCUT2D eigenvalue weighted by Crippen LogP contribution is -2.45. The van der Waals surface area contributed by atoms with Crippen molar-refractivity contribution in [3.05, 3.63) is 70.8 Å². The third-order valence-electron chi connectivity index (χ3n) is 5.62. The summed E-state index contributed by atoms with van der Waals surface area (Å²) in [4.78, 5) is 0. The highest BCUT2D eigenvalue weighted by molar-refractivity contribution is 5.80. The van der Waals surface area contributed by atoms with Crippen LogP contribution in [0.4, 0.5) is 0 Å². The van der Waals surface area contributed by atoms with Crippen LogP contribution in [0.15, 0.2) is 48.5 Å². The highest BCUT2D eigenvalue weighted by Crippen LogP contribution is 2.46. The van der Waals surface area contributed by atoms with Crippen molar-refractivity contribution in [3.63, 3.8) is 0 Å². The molecule has 0 saturated heterocycles. The van der Waals surface area contributed by atoms with Crippen molar-refractivity contribution in [2.24, 2.45) is 0 Å². The van der Waals surface area contributed by atoms with E-state index in [9.17, 15) is 5.11 Å². The molecule has 126 valence electrons. The molecule has 1 N–H and O–H groups in total. The third kappa shape index (κ3) is 2.93. The van der Waals surface area contributed by atoms with Gasteiger partial charge >= 0.3 is 0 Å². The van der Waals surface area contributed by atoms with Crippen LogP contribution in [0.1, 0.15) is 63.3 Å². The molecule has 24 heavy (non-hydrogen) atoms. The van der Waals surface area contributed by atoms with Crippen LogP contribution in [0, 0.1) is 0 Å². The van der Waals surface area contributed by atoms with Gasteiger partial charge in [0.1, 0.15) is 0 Å². The van der Waals surface area contributed by atoms with Gasteiger partial charge in [0.05, 0.1) is 6.10 Å². The molecule has 0 amide bonds. The van der Waals surface area contributed by atoms with Gasteiger partial charge in [0, 0.05) is 5.41 Å². The molecule has 1 nitrogen and oxygen atoms in total. The first-order valence-corrected chi connectivity index (χ1v) is 8.78. The lowest BCUT2D eigenvalue weighted by atomic mass is 9.61. The van der Waals surface area contributed by atoms with Crippen LogP contribution in [0.2, 0.25) is 0 Å². The summed E-state index contributed by atoms with van der Waals surface area (Å²) >= 11 is 0. The molecule has 1 aliphatic rings. The Morgan fingerprint density at radius 2 is 1.67 bits per heavy atom. The second-order valence-electron chi connectivity index (χ2n) is 8.32. The van der Waals surface area contributed by atoms with Gasteiger partial charge in [-0.1, -0.05) is 82.3 Å². The minimum atomic E-state index is -0.299. The Kier molecular flexibility index (Phi) is 4.17. The topological polar surface area (TPSA) is 20.2 Å². The van der Waals surface area contributed by atoms with Crippen molar-refractivity contribution in [3.8, 4) is 0 Å². The standard InChI is InChI=1S/C23H28O/c1-16(18-9-7-6-8-10-18)13-17-11-12-19-20(14-17)22(2,3)15-21(24)23(19,4)5/h6-14,21,24H,15H2,1-5H3. The van der Waals surface area contributed by atoms with E-state index in [-0.39, 0.29) is 16.9 Å². The minimum Gasteiger partial charge on any atom is -0.392 e. The van der Waals surface area contributed by atoms with Crippen LogP contribution < -0.4 is 0 Å². The lowest BCUT2D eigenvalue weighted by molar-refractivity contribution is 0.0583. The number of aliphatic hydroxyl groups excluding tert-OH is 1. The van der Waals surface area contributed by atoms with Gasteiger partial charge in [-0.15, -0.1) is 0 Å². The molecule has 0 radical (unpaired) electrons. The van der Waals surface area contributed by atoms with Gasteiger partial charge in [-0.05, 0) is 46.6 Å². The maximum absolute atomic E-state index is 10.6. The number of allylic oxidation sites excluding steroid dienone is 1. The lowest BCUT2D eigenvalue weighted by Gasteiger charge is -2.45. The van der Waals surface area contributed by atoms with Gasteiger partial charge < -0.3 is 5.11 Å². The van der Waals surface area contributed by atoms with Gasteiger partial charge in [-0.2, -0.15) is 0 Å². The molecule has 0 aromatic heterocycles. The van der Waals surface area contributed by atoms with Gasteiger partial charge in [-0.25, -0.2) is 0 Å². The van der Waals surface area contributed by atoms with E-state index in [4.69, 9.17) is 0 Å². The van der Waals surface area contributed by atoms with Crippen molar-refractivity contribution in [2.75, 3.05) is 0 Å². The van der Waals surface area contributed by atoms with Gasteiger partial charge in [0.2, 0.25) is 0 Å². The predicted molar refractivity (Wildman–Crippen MR) is 103 cm³/mol. The Balaban J connectivity index is 2.06. The number of hydrogen-bond donors (Lipinski definition) is 1. The highest BCUT2D eigenvalue weighted by atomic mass is 16.3. The normalized spacial score (nSPS) is 22.1. The van der Waals surface area contributed by atoms with E-state index in [2.05, 4.69) is 83.2 Å². The van der Waals surface area contributed by atoms with Crippen molar-refractivity contribution >= 4 is 11.6 Å². The van der Waals surface area contributed by atoms with E-state index >= 15 is 0 Å². The SMILES string of the molecule is CC(=Cc1ccc2c(c1)C(C)(C)CC(O)C2(C)C)c1ccccc1. The summed E-state index contributed by atoms with van der Waals surface area (Å²) in [7, 11) is 0. The van der Waals surface area contributed by atoms with Crippen LogP contribution in [0.5, 0.6) is 0 Å². The number of hydrogen-bond acceptors (Lipinski definition) is 1. The average molecular weight is 320 g/mol. The molecule has 1 unspecified atom stereocenters. The maximum atomic E-state index is 10.6. The first kappa shape index (κ1) is 17.0. The Morgan fingerprint density at radius 3 is 2.33 bits per heavy atom. The molecule has 0 heterocycles. The summed E-state index contributed by atoms with van der Waals surface area (Å²) < 4.78 is 0. The third-order valence-corrected chi connectivity index (χ3v) is 5.62. The number of benzene rings is 2. The first-order chi connectivity index (χ1) is 11.2. The molecule has 0 spiro atoms. The summed E-state index contributed by atoms with van der Waals surface area (Å²) in [5.41, 5.74) is 6.20. The van der Waals surface area contributed by atoms with Crippen LogP contribution in [0.25, 0.3) is 11.6 Å². The molecule has 1 heteroatoms. The smallest absolute Gasteiger partial charge is 0.0639 e. The Morgan fingerprint density at radius 1 is 1.00 bits per heavy atom. The van der Waals surface area contributed by atoms with Crippen molar-refractivity contribution < 1.29 is 5.11 Å². The van der Waals surface area contributed by atoms with Gasteiger partial charge in [0.25, 0.3) is 0 Å². The predicted octanol–water partition coefficient (Wildman–Crippen LogP) is 5.57. The molecule has 0 bridgehead atoms. The molecule has 3 rings (SSSR count). The van der Waals surface area contributed by atoms with Crippen molar-refractivity contribution in [2.45, 2.75) is 58.0 Å². The molecule has 0 aliphatic heterocycles. The molecule has 2 aromatic carbocycles. The second-order valence-corrected chi connectivity index (χ2v) is 8.32. The van der Waals surface area contributed by atoms with Crippen LogP contribution in [-0.2, 0) is 10.8 Å². The monoisotopic (exact) mass is 320 g/mol. The Labute approximate surface area is 146 Å². The summed E-state index contributed by atoms with van der Waals surface area (Å²) in [6.07, 6.45) is 2.76. The van der Waals surface area contributed by atoms with E-state index in [0.717, 1.165) is 6.42 Å². The Bertz CT molecular complexity index is 766. The fourth-order valence-electron chi connectivity index (χ4n) is 3.84. The van der Waals surface area contributed by atoms with Crippen LogP contribution in [-0.4, -0.2) is 11.2 Å². The fraction of sp³-hybridized carbons (Fsp3) is 0.391. The van der Waals surface area contributed by atoms with E-state index in [1.54, 1.807) is 0 Å². The maximum Gasteiger partial charge on any atom is 0.0639 e. The first-order valence-electron chi connectivity index (χ1n) is 8.78. The number of fused-ring (bicyclic) bond motifs is 1. The summed E-state index contributed by atoms with van der Waals surface area (Å²) in [6.45, 7) is 10.9. The fourth-order valence-corrected chi connectivity index (χ4v) is 3.84. The van der Waals surface area contributed by atoms with Crippen LogP contribution in [0.3, 0.4) is 0 Å². The van der Waals surface area contributed by atoms with E-state index in [1.165, 1.54) is 27.8 Å². The van der Waals surface area contributed by atoms with Crippen molar-refractivity contribution in [1.29, 1.82) is 0 Å². The van der Waals surface area contributed by atoms with Crippen LogP contribution >= 0.6 is 0 Å². The summed E-state index contributed by atoms with van der Waals surface area (Å²) in [5, 5.41) is 10.6. The quantitative estimate of drug-likeness (QED) is 0.718. The van der Waals surface area contributed by atoms with Gasteiger partial charge in [0.15, 0.2) is 0 Å². The molecule has 1 atom stereocenters. The summed E-state index contributed by atoms with van der Waals surface area (Å²) in [6, 6.07) is 17.2. The zero-order valence-corrected chi connectivity index (χ0v) is 15.4. The van der Waals surface area contributed by atoms with Gasteiger partial charge in [-0.3, -0.25) is 0 Å². The molecular weight excluding hydrogens is 292 g/mol. The highest BCUT2D eigenvalue weighted by Gasteiger charge is 2.43. The molecule has 2 aromatic rings. The number of rotatable bonds is 2. The van der Waals surface area contributed by atoms with E-state index in [1.807, 2.05) is 6.07 Å². The Hall–Kier alpha value is -1.86. The van der Waals surface area contributed by atoms with E-state index in [0.29, 0.717) is 0 Å². The van der Waals surface area contributed by atoms with E-state index < -0.39 is 0 Å². The van der Waals surface area contributed by atoms with Crippen molar-refractivity contribution in [1.82, 2.24) is 0 Å². The molecule has 0 saturated carbocycles. The average Bonchev–Trinajstić information content (AvgIpc) is 2.54. The molecule has 1 aliphatic carbocycles. The largest absolute Gasteiger partial charge is 0.392 e. The second kappa shape index (κ2) is 5.89. The summed E-state index contributed by atoms with van der Waals surface area (Å²) in [5.74, 6) is 0.